The van der Waals surface area contributed by atoms with Crippen LogP contribution in [0.15, 0.2) is 24.3 Å². The first kappa shape index (κ1) is 11.3. The van der Waals surface area contributed by atoms with Crippen molar-refractivity contribution in [3.05, 3.63) is 35.5 Å². The second kappa shape index (κ2) is 4.16. The zero-order valence-corrected chi connectivity index (χ0v) is 10.8. The molecule has 0 bridgehead atoms. The summed E-state index contributed by atoms with van der Waals surface area (Å²) < 4.78 is 0. The van der Waals surface area contributed by atoms with E-state index in [0.717, 1.165) is 12.8 Å². The maximum absolute atomic E-state index is 11.7. The number of amides is 1. The van der Waals surface area contributed by atoms with E-state index in [1.165, 1.54) is 22.2 Å². The molecular weight excluding hydrogens is 224 g/mol. The first-order valence-corrected chi connectivity index (χ1v) is 6.54. The van der Waals surface area contributed by atoms with Gasteiger partial charge in [0.15, 0.2) is 0 Å². The summed E-state index contributed by atoms with van der Waals surface area (Å²) in [5, 5.41) is 4.42. The van der Waals surface area contributed by atoms with Crippen LogP contribution in [0.25, 0.3) is 10.9 Å². The first-order valence-electron chi connectivity index (χ1n) is 6.54. The molecule has 2 aromatic rings. The number of carbonyl (C=O) groups is 1. The number of H-pyrrole nitrogens is 1. The van der Waals surface area contributed by atoms with Crippen LogP contribution in [0.4, 0.5) is 0 Å². The second-order valence-corrected chi connectivity index (χ2v) is 5.40. The van der Waals surface area contributed by atoms with Crippen molar-refractivity contribution in [2.24, 2.45) is 5.92 Å². The molecule has 2 N–H and O–H groups in total. The molecule has 94 valence electrons. The zero-order valence-electron chi connectivity index (χ0n) is 10.8. The maximum Gasteiger partial charge on any atom is 0.222 e. The van der Waals surface area contributed by atoms with Crippen LogP contribution in [-0.2, 0) is 17.6 Å². The Morgan fingerprint density at radius 3 is 2.89 bits per heavy atom. The number of hydrogen-bond donors (Lipinski definition) is 2. The fourth-order valence-corrected chi connectivity index (χ4v) is 2.70. The van der Waals surface area contributed by atoms with Gasteiger partial charge in [-0.05, 0) is 18.1 Å². The summed E-state index contributed by atoms with van der Waals surface area (Å²) in [5.74, 6) is 0.204. The summed E-state index contributed by atoms with van der Waals surface area (Å²) in [4.78, 5) is 15.2. The molecule has 1 aromatic carbocycles. The highest BCUT2D eigenvalue weighted by Gasteiger charge is 2.26. The molecule has 0 spiro atoms. The van der Waals surface area contributed by atoms with Crippen molar-refractivity contribution in [3.63, 3.8) is 0 Å². The highest BCUT2D eigenvalue weighted by molar-refractivity contribution is 5.86. The minimum absolute atomic E-state index is 0.0562. The molecular formula is C15H18N2O. The van der Waals surface area contributed by atoms with Gasteiger partial charge in [0.1, 0.15) is 0 Å². The van der Waals surface area contributed by atoms with Crippen LogP contribution in [0.5, 0.6) is 0 Å². The molecule has 1 atom stereocenters. The van der Waals surface area contributed by atoms with Gasteiger partial charge in [0.25, 0.3) is 0 Å². The van der Waals surface area contributed by atoms with E-state index in [2.05, 4.69) is 28.5 Å². The molecule has 0 fully saturated rings. The monoisotopic (exact) mass is 242 g/mol. The van der Waals surface area contributed by atoms with Crippen LogP contribution in [0.3, 0.4) is 0 Å². The smallest absolute Gasteiger partial charge is 0.222 e. The van der Waals surface area contributed by atoms with E-state index in [1.807, 2.05) is 19.9 Å². The Hall–Kier alpha value is -1.77. The predicted molar refractivity (Wildman–Crippen MR) is 72.5 cm³/mol. The molecule has 1 unspecified atom stereocenters. The van der Waals surface area contributed by atoms with E-state index in [9.17, 15) is 4.79 Å². The summed E-state index contributed by atoms with van der Waals surface area (Å²) in [6.07, 6.45) is 1.86. The van der Waals surface area contributed by atoms with Crippen molar-refractivity contribution < 1.29 is 4.79 Å². The molecule has 1 heterocycles. The van der Waals surface area contributed by atoms with Crippen molar-refractivity contribution in [2.45, 2.75) is 32.7 Å². The van der Waals surface area contributed by atoms with Crippen molar-refractivity contribution in [1.82, 2.24) is 10.3 Å². The Balaban J connectivity index is 1.82. The highest BCUT2D eigenvalue weighted by atomic mass is 16.1. The lowest BCUT2D eigenvalue weighted by atomic mass is 10.1. The Labute approximate surface area is 107 Å². The van der Waals surface area contributed by atoms with E-state index < -0.39 is 0 Å². The van der Waals surface area contributed by atoms with Gasteiger partial charge in [0.2, 0.25) is 5.91 Å². The maximum atomic E-state index is 11.7. The number of rotatable bonds is 2. The Kier molecular flexibility index (Phi) is 2.62. The van der Waals surface area contributed by atoms with Gasteiger partial charge in [-0.1, -0.05) is 32.0 Å². The molecule has 0 saturated heterocycles. The third-order valence-corrected chi connectivity index (χ3v) is 3.67. The summed E-state index contributed by atoms with van der Waals surface area (Å²) in [6.45, 7) is 3.86. The minimum Gasteiger partial charge on any atom is -0.358 e. The van der Waals surface area contributed by atoms with Crippen LogP contribution in [-0.4, -0.2) is 16.9 Å². The molecule has 3 nitrogen and oxygen atoms in total. The molecule has 3 heteroatoms. The average Bonchev–Trinajstić information content (AvgIpc) is 2.85. The number of nitrogens with one attached hydrogen (secondary N) is 2. The summed E-state index contributed by atoms with van der Waals surface area (Å²) in [7, 11) is 0. The third-order valence-electron chi connectivity index (χ3n) is 3.67. The quantitative estimate of drug-likeness (QED) is 0.834. The average molecular weight is 242 g/mol. The standard InChI is InChI=1S/C15H18N2O/c1-9(2)15(18)16-10-7-12-11-5-3-4-6-13(11)17-14(12)8-10/h3-6,9-10,17H,7-8H2,1-2H3,(H,16,18). The van der Waals surface area contributed by atoms with Gasteiger partial charge in [-0.15, -0.1) is 0 Å². The van der Waals surface area contributed by atoms with E-state index in [1.54, 1.807) is 0 Å². The molecule has 0 aliphatic heterocycles. The first-order chi connectivity index (χ1) is 8.65. The van der Waals surface area contributed by atoms with E-state index in [0.29, 0.717) is 0 Å². The van der Waals surface area contributed by atoms with Gasteiger partial charge in [0, 0.05) is 35.0 Å². The van der Waals surface area contributed by atoms with Crippen molar-refractivity contribution in [1.29, 1.82) is 0 Å². The Morgan fingerprint density at radius 2 is 2.11 bits per heavy atom. The van der Waals surface area contributed by atoms with Crippen molar-refractivity contribution in [2.75, 3.05) is 0 Å². The molecule has 0 radical (unpaired) electrons. The largest absolute Gasteiger partial charge is 0.358 e. The van der Waals surface area contributed by atoms with Gasteiger partial charge in [-0.2, -0.15) is 0 Å². The zero-order chi connectivity index (χ0) is 12.7. The lowest BCUT2D eigenvalue weighted by Gasteiger charge is -2.14. The number of benzene rings is 1. The van der Waals surface area contributed by atoms with Gasteiger partial charge < -0.3 is 10.3 Å². The number of carbonyl (C=O) groups excluding carboxylic acids is 1. The number of aromatic amines is 1. The van der Waals surface area contributed by atoms with Crippen LogP contribution >= 0.6 is 0 Å². The topological polar surface area (TPSA) is 44.9 Å². The van der Waals surface area contributed by atoms with Gasteiger partial charge in [-0.25, -0.2) is 0 Å². The van der Waals surface area contributed by atoms with Crippen LogP contribution in [0, 0.1) is 5.92 Å². The van der Waals surface area contributed by atoms with Gasteiger partial charge in [-0.3, -0.25) is 4.79 Å². The van der Waals surface area contributed by atoms with Gasteiger partial charge in [0.05, 0.1) is 0 Å². The molecule has 18 heavy (non-hydrogen) atoms. The van der Waals surface area contributed by atoms with E-state index >= 15 is 0 Å². The number of para-hydroxylation sites is 1. The highest BCUT2D eigenvalue weighted by Crippen LogP contribution is 2.29. The summed E-state index contributed by atoms with van der Waals surface area (Å²) >= 11 is 0. The van der Waals surface area contributed by atoms with Gasteiger partial charge >= 0.3 is 0 Å². The van der Waals surface area contributed by atoms with Crippen molar-refractivity contribution >= 4 is 16.8 Å². The molecule has 1 aliphatic carbocycles. The predicted octanol–water partition coefficient (Wildman–Crippen LogP) is 2.41. The third kappa shape index (κ3) is 1.80. The Morgan fingerprint density at radius 1 is 1.33 bits per heavy atom. The fourth-order valence-electron chi connectivity index (χ4n) is 2.70. The number of aromatic nitrogens is 1. The second-order valence-electron chi connectivity index (χ2n) is 5.40. The van der Waals surface area contributed by atoms with E-state index in [-0.39, 0.29) is 17.9 Å². The molecule has 1 aliphatic rings. The molecule has 0 saturated carbocycles. The SMILES string of the molecule is CC(C)C(=O)NC1Cc2[nH]c3ccccc3c2C1. The van der Waals surface area contributed by atoms with Crippen LogP contribution < -0.4 is 5.32 Å². The molecule has 1 aromatic heterocycles. The summed E-state index contributed by atoms with van der Waals surface area (Å²) in [5.41, 5.74) is 3.86. The van der Waals surface area contributed by atoms with Crippen molar-refractivity contribution in [3.8, 4) is 0 Å². The molecule has 1 amide bonds. The lowest BCUT2D eigenvalue weighted by molar-refractivity contribution is -0.124. The number of hydrogen-bond acceptors (Lipinski definition) is 1. The Bertz CT molecular complexity index is 598. The fraction of sp³-hybridized carbons (Fsp3) is 0.400. The normalized spacial score (nSPS) is 18.3. The lowest BCUT2D eigenvalue weighted by Crippen LogP contribution is -2.37. The number of fused-ring (bicyclic) bond motifs is 3. The van der Waals surface area contributed by atoms with E-state index in [4.69, 9.17) is 0 Å². The minimum atomic E-state index is 0.0562. The van der Waals surface area contributed by atoms with Crippen LogP contribution in [0.2, 0.25) is 0 Å². The molecule has 3 rings (SSSR count). The summed E-state index contributed by atoms with van der Waals surface area (Å²) in [6, 6.07) is 8.63. The van der Waals surface area contributed by atoms with Crippen LogP contribution in [0.1, 0.15) is 25.1 Å².